The van der Waals surface area contributed by atoms with Crippen molar-refractivity contribution in [3.63, 3.8) is 0 Å². The van der Waals surface area contributed by atoms with E-state index >= 15 is 0 Å². The zero-order valence-electron chi connectivity index (χ0n) is 25.3. The minimum Gasteiger partial charge on any atom is -1.00 e. The van der Waals surface area contributed by atoms with Gasteiger partial charge in [0.2, 0.25) is 11.4 Å². The lowest BCUT2D eigenvalue weighted by molar-refractivity contribution is -0.683. The number of halogens is 1. The van der Waals surface area contributed by atoms with E-state index in [0.717, 1.165) is 24.2 Å². The fourth-order valence-electron chi connectivity index (χ4n) is 4.95. The molecule has 0 aliphatic carbocycles. The number of hydrogen-bond donors (Lipinski definition) is 1. The number of ether oxygens (including phenoxy) is 2. The smallest absolute Gasteiger partial charge is 0.228 e. The van der Waals surface area contributed by atoms with Crippen LogP contribution in [-0.4, -0.2) is 19.6 Å². The van der Waals surface area contributed by atoms with Gasteiger partial charge in [0, 0.05) is 16.8 Å². The number of methoxy groups -OCH3 is 1. The molecule has 0 bridgehead atoms. The molecule has 0 fully saturated rings. The number of carbonyl (C=O) groups is 1. The summed E-state index contributed by atoms with van der Waals surface area (Å²) in [6, 6.07) is 13.8. The second-order valence-electron chi connectivity index (χ2n) is 10.7. The van der Waals surface area contributed by atoms with Crippen LogP contribution in [-0.2, 0) is 17.8 Å². The molecule has 0 spiro atoms. The van der Waals surface area contributed by atoms with Gasteiger partial charge in [0.25, 0.3) is 0 Å². The maximum Gasteiger partial charge on any atom is 0.228 e. The first-order valence-corrected chi connectivity index (χ1v) is 16.1. The summed E-state index contributed by atoms with van der Waals surface area (Å²) in [6.45, 7) is 5.84. The van der Waals surface area contributed by atoms with Crippen LogP contribution in [0.4, 0.5) is 5.69 Å². The Labute approximate surface area is 262 Å². The largest absolute Gasteiger partial charge is 1.00 e. The molecule has 5 nitrogen and oxygen atoms in total. The van der Waals surface area contributed by atoms with E-state index in [1.165, 1.54) is 81.1 Å². The number of rotatable bonds is 20. The maximum absolute atomic E-state index is 12.9. The van der Waals surface area contributed by atoms with Crippen molar-refractivity contribution in [2.75, 3.05) is 19.0 Å². The van der Waals surface area contributed by atoms with Crippen LogP contribution in [0.5, 0.6) is 11.5 Å². The number of aryl methyl sites for hydroxylation is 1. The van der Waals surface area contributed by atoms with Gasteiger partial charge in [0.05, 0.1) is 25.0 Å². The summed E-state index contributed by atoms with van der Waals surface area (Å²) in [7, 11) is 1.65. The molecule has 7 heteroatoms. The van der Waals surface area contributed by atoms with Crippen molar-refractivity contribution in [3.8, 4) is 11.5 Å². The van der Waals surface area contributed by atoms with Crippen LogP contribution >= 0.6 is 11.3 Å². The molecule has 0 unspecified atom stereocenters. The Hall–Kier alpha value is -2.38. The topological polar surface area (TPSA) is 51.4 Å². The number of benzene rings is 2. The second kappa shape index (κ2) is 20.5. The lowest BCUT2D eigenvalue weighted by Gasteiger charge is -2.15. The molecule has 1 N–H and O–H groups in total. The molecule has 3 aromatic rings. The van der Waals surface area contributed by atoms with Gasteiger partial charge in [-0.1, -0.05) is 113 Å². The number of nitrogens with one attached hydrogen (secondary N) is 1. The Morgan fingerprint density at radius 2 is 1.51 bits per heavy atom. The summed E-state index contributed by atoms with van der Waals surface area (Å²) < 4.78 is 13.9. The normalized spacial score (nSPS) is 10.7. The molecular weight excluding hydrogens is 596 g/mol. The average molecular weight is 646 g/mol. The Morgan fingerprint density at radius 1 is 0.878 bits per heavy atom. The second-order valence-corrected chi connectivity index (χ2v) is 11.8. The Morgan fingerprint density at radius 3 is 2.10 bits per heavy atom. The highest BCUT2D eigenvalue weighted by Crippen LogP contribution is 2.32. The van der Waals surface area contributed by atoms with Gasteiger partial charge in [-0.05, 0) is 31.5 Å². The Bertz CT molecular complexity index is 1130. The van der Waals surface area contributed by atoms with Gasteiger partial charge >= 0.3 is 0 Å². The summed E-state index contributed by atoms with van der Waals surface area (Å²) in [5.41, 5.74) is 4.96. The van der Waals surface area contributed by atoms with Crippen molar-refractivity contribution >= 4 is 22.9 Å². The van der Waals surface area contributed by atoms with Crippen LogP contribution in [0, 0.1) is 6.92 Å². The third kappa shape index (κ3) is 13.4. The monoisotopic (exact) mass is 644 g/mol. The lowest BCUT2D eigenvalue weighted by Crippen LogP contribution is -3.00. The molecule has 0 atom stereocenters. The van der Waals surface area contributed by atoms with Gasteiger partial charge in [0.1, 0.15) is 0 Å². The Balaban J connectivity index is 0.00000588. The SMILES string of the molecule is CCCCCCCCCCCCCCOc1c(CC(=O)Nc2ccc(C[n+]3csc(C)c3)cc2)cccc1OC.[Br-]. The average Bonchev–Trinajstić information content (AvgIpc) is 3.37. The van der Waals surface area contributed by atoms with Crippen molar-refractivity contribution < 1.29 is 35.8 Å². The molecule has 0 aliphatic rings. The third-order valence-electron chi connectivity index (χ3n) is 7.20. The van der Waals surface area contributed by atoms with Gasteiger partial charge in [-0.2, -0.15) is 4.57 Å². The highest BCUT2D eigenvalue weighted by atomic mass is 79.9. The van der Waals surface area contributed by atoms with Gasteiger partial charge in [-0.3, -0.25) is 4.79 Å². The van der Waals surface area contributed by atoms with E-state index in [9.17, 15) is 4.79 Å². The number of carbonyl (C=O) groups excluding carboxylic acids is 1. The van der Waals surface area contributed by atoms with Crippen LogP contribution < -0.4 is 36.3 Å². The van der Waals surface area contributed by atoms with E-state index in [1.807, 2.05) is 30.3 Å². The number of anilines is 1. The van der Waals surface area contributed by atoms with Crippen molar-refractivity contribution in [2.45, 2.75) is 104 Å². The number of hydrogen-bond acceptors (Lipinski definition) is 4. The molecule has 1 heterocycles. The summed E-state index contributed by atoms with van der Waals surface area (Å²) in [5.74, 6) is 1.29. The quantitative estimate of drug-likeness (QED) is 0.127. The van der Waals surface area contributed by atoms with Gasteiger partial charge < -0.3 is 31.8 Å². The summed E-state index contributed by atoms with van der Waals surface area (Å²) in [6.07, 6.45) is 18.1. The molecule has 226 valence electrons. The molecule has 0 aliphatic heterocycles. The minimum atomic E-state index is -0.0703. The molecule has 0 radical (unpaired) electrons. The molecular formula is C34H49BrN2O3S. The van der Waals surface area contributed by atoms with E-state index in [0.29, 0.717) is 18.1 Å². The zero-order valence-corrected chi connectivity index (χ0v) is 27.7. The van der Waals surface area contributed by atoms with E-state index in [1.54, 1.807) is 18.4 Å². The molecule has 1 amide bonds. The predicted octanol–water partition coefficient (Wildman–Crippen LogP) is 5.67. The van der Waals surface area contributed by atoms with Crippen molar-refractivity contribution in [2.24, 2.45) is 0 Å². The predicted molar refractivity (Wildman–Crippen MR) is 167 cm³/mol. The van der Waals surface area contributed by atoms with Gasteiger partial charge in [-0.15, -0.1) is 0 Å². The van der Waals surface area contributed by atoms with Crippen LogP contribution in [0.15, 0.2) is 54.2 Å². The van der Waals surface area contributed by atoms with Gasteiger partial charge in [-0.25, -0.2) is 0 Å². The molecule has 3 rings (SSSR count). The van der Waals surface area contributed by atoms with Gasteiger partial charge in [0.15, 0.2) is 24.2 Å². The van der Waals surface area contributed by atoms with E-state index in [-0.39, 0.29) is 29.3 Å². The number of nitrogens with zero attached hydrogens (tertiary/aromatic N) is 1. The first-order valence-electron chi connectivity index (χ1n) is 15.2. The van der Waals surface area contributed by atoms with Crippen molar-refractivity contribution in [3.05, 3.63) is 70.2 Å². The van der Waals surface area contributed by atoms with Crippen LogP contribution in [0.25, 0.3) is 0 Å². The Kier molecular flexibility index (Phi) is 17.4. The number of para-hydroxylation sites is 1. The highest BCUT2D eigenvalue weighted by Gasteiger charge is 2.15. The highest BCUT2D eigenvalue weighted by molar-refractivity contribution is 7.09. The van der Waals surface area contributed by atoms with E-state index in [4.69, 9.17) is 9.47 Å². The number of amides is 1. The number of thiazole rings is 1. The van der Waals surface area contributed by atoms with E-state index < -0.39 is 0 Å². The fraction of sp³-hybridized carbons (Fsp3) is 0.529. The maximum atomic E-state index is 12.9. The zero-order chi connectivity index (χ0) is 28.4. The lowest BCUT2D eigenvalue weighted by atomic mass is 10.1. The molecule has 0 saturated carbocycles. The standard InChI is InChI=1S/C34H48N2O3S.BrH/c1-4-5-6-7-8-9-10-11-12-13-14-15-23-39-34-30(17-16-18-32(34)38-3)24-33(37)35-31-21-19-29(20-22-31)26-36-25-28(2)40-27-36;/h16-22,25,27H,4-15,23-24,26H2,1-3H3;1H. The van der Waals surface area contributed by atoms with Crippen molar-refractivity contribution in [1.82, 2.24) is 0 Å². The summed E-state index contributed by atoms with van der Waals surface area (Å²) >= 11 is 1.74. The first kappa shape index (κ1) is 34.8. The van der Waals surface area contributed by atoms with Crippen LogP contribution in [0.2, 0.25) is 0 Å². The third-order valence-corrected chi connectivity index (χ3v) is 8.05. The molecule has 2 aromatic carbocycles. The minimum absolute atomic E-state index is 0. The summed E-state index contributed by atoms with van der Waals surface area (Å²) in [5, 5.41) is 3.03. The molecule has 41 heavy (non-hydrogen) atoms. The van der Waals surface area contributed by atoms with Crippen LogP contribution in [0.1, 0.15) is 100.0 Å². The fourth-order valence-corrected chi connectivity index (χ4v) is 5.59. The molecule has 1 aromatic heterocycles. The van der Waals surface area contributed by atoms with Crippen LogP contribution in [0.3, 0.4) is 0 Å². The summed E-state index contributed by atoms with van der Waals surface area (Å²) in [4.78, 5) is 14.2. The molecule has 0 saturated heterocycles. The van der Waals surface area contributed by atoms with E-state index in [2.05, 4.69) is 47.6 Å². The number of unbranched alkanes of at least 4 members (excludes halogenated alkanes) is 11. The number of aromatic nitrogens is 1. The van der Waals surface area contributed by atoms with Crippen molar-refractivity contribution in [1.29, 1.82) is 0 Å². The first-order chi connectivity index (χ1) is 19.6.